The maximum absolute atomic E-state index is 12.4. The van der Waals surface area contributed by atoms with Crippen LogP contribution in [0.3, 0.4) is 0 Å². The third-order valence-corrected chi connectivity index (χ3v) is 5.06. The first-order chi connectivity index (χ1) is 11.0. The number of hydrogen-bond donors (Lipinski definition) is 2. The molecule has 0 aromatic heterocycles. The predicted molar refractivity (Wildman–Crippen MR) is 104 cm³/mol. The van der Waals surface area contributed by atoms with Crippen LogP contribution in [0.25, 0.3) is 0 Å². The summed E-state index contributed by atoms with van der Waals surface area (Å²) >= 11 is 0. The van der Waals surface area contributed by atoms with Crippen LogP contribution >= 0.6 is 12.4 Å². The molecule has 1 saturated heterocycles. The molecular formula is C20H33ClN2O. The highest BCUT2D eigenvalue weighted by atomic mass is 35.5. The number of amides is 1. The van der Waals surface area contributed by atoms with E-state index in [0.29, 0.717) is 18.3 Å². The van der Waals surface area contributed by atoms with Crippen LogP contribution in [-0.2, 0) is 11.2 Å². The van der Waals surface area contributed by atoms with Gasteiger partial charge in [-0.15, -0.1) is 12.4 Å². The summed E-state index contributed by atoms with van der Waals surface area (Å²) in [5, 5.41) is 6.63. The molecule has 1 unspecified atom stereocenters. The number of aryl methyl sites for hydroxylation is 1. The molecule has 1 aliphatic rings. The van der Waals surface area contributed by atoms with Crippen LogP contribution in [0.15, 0.2) is 30.3 Å². The molecule has 0 bridgehead atoms. The maximum Gasteiger partial charge on any atom is 0.220 e. The van der Waals surface area contributed by atoms with Gasteiger partial charge in [0.2, 0.25) is 5.91 Å². The molecule has 1 aliphatic heterocycles. The van der Waals surface area contributed by atoms with E-state index in [9.17, 15) is 4.79 Å². The number of rotatable bonds is 7. The van der Waals surface area contributed by atoms with E-state index in [1.807, 2.05) is 6.07 Å². The van der Waals surface area contributed by atoms with Crippen LogP contribution in [0.2, 0.25) is 0 Å². The van der Waals surface area contributed by atoms with Gasteiger partial charge in [-0.2, -0.15) is 0 Å². The van der Waals surface area contributed by atoms with Crippen molar-refractivity contribution in [2.24, 2.45) is 11.8 Å². The average molecular weight is 353 g/mol. The van der Waals surface area contributed by atoms with E-state index in [1.54, 1.807) is 0 Å². The van der Waals surface area contributed by atoms with Crippen molar-refractivity contribution >= 4 is 18.3 Å². The molecule has 2 N–H and O–H groups in total. The van der Waals surface area contributed by atoms with Gasteiger partial charge in [-0.25, -0.2) is 0 Å². The van der Waals surface area contributed by atoms with Gasteiger partial charge in [0, 0.05) is 12.0 Å². The second-order valence-corrected chi connectivity index (χ2v) is 7.69. The lowest BCUT2D eigenvalue weighted by atomic mass is 9.83. The molecule has 0 saturated carbocycles. The van der Waals surface area contributed by atoms with Crippen molar-refractivity contribution in [3.05, 3.63) is 35.9 Å². The first-order valence-electron chi connectivity index (χ1n) is 9.02. The number of nitrogens with one attached hydrogen (secondary N) is 2. The second kappa shape index (κ2) is 10.0. The van der Waals surface area contributed by atoms with Gasteiger partial charge in [-0.3, -0.25) is 4.79 Å². The fourth-order valence-electron chi connectivity index (χ4n) is 3.46. The molecular weight excluding hydrogens is 320 g/mol. The van der Waals surface area contributed by atoms with Gasteiger partial charge in [0.25, 0.3) is 0 Å². The minimum Gasteiger partial charge on any atom is -0.351 e. The van der Waals surface area contributed by atoms with E-state index < -0.39 is 0 Å². The number of carbonyl (C=O) groups excluding carboxylic acids is 1. The normalized spacial score (nSPS) is 17.0. The van der Waals surface area contributed by atoms with Crippen molar-refractivity contribution in [2.45, 2.75) is 58.4 Å². The van der Waals surface area contributed by atoms with Gasteiger partial charge in [0.15, 0.2) is 0 Å². The zero-order chi connectivity index (χ0) is 16.7. The topological polar surface area (TPSA) is 41.1 Å². The molecule has 4 heteroatoms. The molecule has 1 aromatic rings. The fraction of sp³-hybridized carbons (Fsp3) is 0.650. The lowest BCUT2D eigenvalue weighted by molar-refractivity contribution is -0.124. The molecule has 24 heavy (non-hydrogen) atoms. The number of halogens is 1. The maximum atomic E-state index is 12.4. The first kappa shape index (κ1) is 21.0. The zero-order valence-electron chi connectivity index (χ0n) is 15.3. The fourth-order valence-corrected chi connectivity index (χ4v) is 3.46. The number of piperidine rings is 1. The van der Waals surface area contributed by atoms with Crippen molar-refractivity contribution in [2.75, 3.05) is 13.1 Å². The molecule has 0 aliphatic carbocycles. The molecule has 1 heterocycles. The predicted octanol–water partition coefficient (Wildman–Crippen LogP) is 3.96. The van der Waals surface area contributed by atoms with Crippen molar-refractivity contribution < 1.29 is 4.79 Å². The van der Waals surface area contributed by atoms with Crippen LogP contribution < -0.4 is 10.6 Å². The third-order valence-electron chi connectivity index (χ3n) is 5.06. The lowest BCUT2D eigenvalue weighted by Crippen LogP contribution is -2.44. The SMILES string of the molecule is CC(CC(=O)NC(C)(C)CCc1ccccc1)C1CCNCC1.Cl. The Morgan fingerprint density at radius 3 is 2.50 bits per heavy atom. The summed E-state index contributed by atoms with van der Waals surface area (Å²) in [6.07, 6.45) is 5.01. The van der Waals surface area contributed by atoms with Gasteiger partial charge < -0.3 is 10.6 Å². The standard InChI is InChI=1S/C20H32N2O.ClH/c1-16(18-10-13-21-14-11-18)15-19(23)22-20(2,3)12-9-17-7-5-4-6-8-17;/h4-8,16,18,21H,9-15H2,1-3H3,(H,22,23);1H. The summed E-state index contributed by atoms with van der Waals surface area (Å²) in [5.74, 6) is 1.37. The zero-order valence-corrected chi connectivity index (χ0v) is 16.1. The number of hydrogen-bond acceptors (Lipinski definition) is 2. The minimum absolute atomic E-state index is 0. The highest BCUT2D eigenvalue weighted by Gasteiger charge is 2.25. The van der Waals surface area contributed by atoms with Crippen molar-refractivity contribution in [3.8, 4) is 0 Å². The monoisotopic (exact) mass is 352 g/mol. The minimum atomic E-state index is -0.152. The Balaban J connectivity index is 0.00000288. The van der Waals surface area contributed by atoms with Gasteiger partial charge in [0.05, 0.1) is 0 Å². The molecule has 136 valence electrons. The molecule has 1 amide bonds. The summed E-state index contributed by atoms with van der Waals surface area (Å²) in [7, 11) is 0. The van der Waals surface area contributed by atoms with Crippen LogP contribution in [0.4, 0.5) is 0 Å². The highest BCUT2D eigenvalue weighted by Crippen LogP contribution is 2.24. The first-order valence-corrected chi connectivity index (χ1v) is 9.02. The van der Waals surface area contributed by atoms with Gasteiger partial charge in [-0.05, 0) is 70.0 Å². The molecule has 3 nitrogen and oxygen atoms in total. The van der Waals surface area contributed by atoms with Crippen LogP contribution in [0.1, 0.15) is 52.0 Å². The van der Waals surface area contributed by atoms with Crippen molar-refractivity contribution in [1.29, 1.82) is 0 Å². The van der Waals surface area contributed by atoms with E-state index in [0.717, 1.165) is 25.9 Å². The molecule has 1 fully saturated rings. The summed E-state index contributed by atoms with van der Waals surface area (Å²) in [4.78, 5) is 12.4. The van der Waals surface area contributed by atoms with Crippen molar-refractivity contribution in [3.63, 3.8) is 0 Å². The molecule has 1 atom stereocenters. The summed E-state index contributed by atoms with van der Waals surface area (Å²) in [5.41, 5.74) is 1.18. The van der Waals surface area contributed by atoms with E-state index >= 15 is 0 Å². The Hall–Kier alpha value is -1.06. The Labute approximate surface area is 153 Å². The van der Waals surface area contributed by atoms with E-state index in [2.05, 4.69) is 55.7 Å². The summed E-state index contributed by atoms with van der Waals surface area (Å²) in [6, 6.07) is 10.5. The molecule has 0 radical (unpaired) electrons. The highest BCUT2D eigenvalue weighted by molar-refractivity contribution is 5.85. The molecule has 0 spiro atoms. The van der Waals surface area contributed by atoms with Crippen LogP contribution in [0, 0.1) is 11.8 Å². The van der Waals surface area contributed by atoms with E-state index in [4.69, 9.17) is 0 Å². The van der Waals surface area contributed by atoms with E-state index in [-0.39, 0.29) is 23.9 Å². The Morgan fingerprint density at radius 1 is 1.25 bits per heavy atom. The van der Waals surface area contributed by atoms with Crippen LogP contribution in [-0.4, -0.2) is 24.5 Å². The smallest absolute Gasteiger partial charge is 0.220 e. The Kier molecular flexibility index (Phi) is 8.79. The summed E-state index contributed by atoms with van der Waals surface area (Å²) < 4.78 is 0. The molecule has 2 rings (SSSR count). The molecule has 1 aromatic carbocycles. The number of carbonyl (C=O) groups is 1. The largest absolute Gasteiger partial charge is 0.351 e. The second-order valence-electron chi connectivity index (χ2n) is 7.69. The van der Waals surface area contributed by atoms with Gasteiger partial charge >= 0.3 is 0 Å². The third kappa shape index (κ3) is 7.23. The van der Waals surface area contributed by atoms with Gasteiger partial charge in [-0.1, -0.05) is 37.3 Å². The van der Waals surface area contributed by atoms with E-state index in [1.165, 1.54) is 18.4 Å². The van der Waals surface area contributed by atoms with Crippen LogP contribution in [0.5, 0.6) is 0 Å². The lowest BCUT2D eigenvalue weighted by Gasteiger charge is -2.30. The Bertz CT molecular complexity index is 484. The van der Waals surface area contributed by atoms with Gasteiger partial charge in [0.1, 0.15) is 0 Å². The van der Waals surface area contributed by atoms with Crippen molar-refractivity contribution in [1.82, 2.24) is 10.6 Å². The average Bonchev–Trinajstić information content (AvgIpc) is 2.54. The summed E-state index contributed by atoms with van der Waals surface area (Å²) in [6.45, 7) is 8.68. The Morgan fingerprint density at radius 2 is 1.88 bits per heavy atom. The number of benzene rings is 1. The quantitative estimate of drug-likeness (QED) is 0.779.